The van der Waals surface area contributed by atoms with Crippen LogP contribution in [0.4, 0.5) is 0 Å². The summed E-state index contributed by atoms with van der Waals surface area (Å²) >= 11 is 1.53. The lowest BCUT2D eigenvalue weighted by Crippen LogP contribution is -2.36. The van der Waals surface area contributed by atoms with Crippen LogP contribution in [-0.2, 0) is 16.6 Å². The number of sulfonamides is 1. The number of aryl methyl sites for hydroxylation is 1. The summed E-state index contributed by atoms with van der Waals surface area (Å²) in [7, 11) is -3.39. The average molecular weight is 331 g/mol. The first-order valence-corrected chi connectivity index (χ1v) is 10.2. The fraction of sp³-hybridized carbons (Fsp3) is 0.733. The largest absolute Gasteiger partial charge is 0.312 e. The zero-order valence-corrected chi connectivity index (χ0v) is 14.6. The lowest BCUT2D eigenvalue weighted by molar-refractivity contribution is 0.412. The number of hydrogen-bond donors (Lipinski definition) is 2. The summed E-state index contributed by atoms with van der Waals surface area (Å²) in [4.78, 5) is 1.42. The van der Waals surface area contributed by atoms with Gasteiger partial charge in [0.2, 0.25) is 10.0 Å². The SMILES string of the molecule is CCCNCc1scc(C)c1S(=O)(=O)NC1CCCCC1. The second-order valence-corrected chi connectivity index (χ2v) is 8.42. The van der Waals surface area contributed by atoms with Gasteiger partial charge in [-0.2, -0.15) is 0 Å². The maximum atomic E-state index is 12.7. The molecule has 0 bridgehead atoms. The van der Waals surface area contributed by atoms with Crippen molar-refractivity contribution in [2.24, 2.45) is 0 Å². The van der Waals surface area contributed by atoms with Gasteiger partial charge in [-0.3, -0.25) is 0 Å². The van der Waals surface area contributed by atoms with Crippen molar-refractivity contribution >= 4 is 21.4 Å². The van der Waals surface area contributed by atoms with Crippen LogP contribution in [0, 0.1) is 6.92 Å². The minimum Gasteiger partial charge on any atom is -0.312 e. The Morgan fingerprint density at radius 2 is 2.00 bits per heavy atom. The Labute approximate surface area is 132 Å². The predicted molar refractivity (Wildman–Crippen MR) is 88.2 cm³/mol. The van der Waals surface area contributed by atoms with E-state index in [2.05, 4.69) is 17.0 Å². The van der Waals surface area contributed by atoms with Crippen molar-refractivity contribution in [3.05, 3.63) is 15.8 Å². The average Bonchev–Trinajstić information content (AvgIpc) is 2.82. The zero-order valence-electron chi connectivity index (χ0n) is 12.9. The highest BCUT2D eigenvalue weighted by atomic mass is 32.2. The van der Waals surface area contributed by atoms with Gasteiger partial charge in [0, 0.05) is 17.5 Å². The van der Waals surface area contributed by atoms with E-state index in [1.54, 1.807) is 0 Å². The van der Waals surface area contributed by atoms with E-state index < -0.39 is 10.0 Å². The van der Waals surface area contributed by atoms with E-state index in [4.69, 9.17) is 0 Å². The smallest absolute Gasteiger partial charge is 0.242 e. The van der Waals surface area contributed by atoms with Crippen molar-refractivity contribution in [1.82, 2.24) is 10.0 Å². The van der Waals surface area contributed by atoms with Crippen LogP contribution >= 0.6 is 11.3 Å². The molecule has 0 aliphatic heterocycles. The molecule has 1 fully saturated rings. The number of nitrogens with one attached hydrogen (secondary N) is 2. The Balaban J connectivity index is 2.12. The molecule has 120 valence electrons. The molecule has 0 radical (unpaired) electrons. The van der Waals surface area contributed by atoms with E-state index in [0.29, 0.717) is 11.4 Å². The summed E-state index contributed by atoms with van der Waals surface area (Å²) in [5.41, 5.74) is 0.858. The van der Waals surface area contributed by atoms with Gasteiger partial charge < -0.3 is 5.32 Å². The normalized spacial score (nSPS) is 17.2. The van der Waals surface area contributed by atoms with Crippen LogP contribution in [0.5, 0.6) is 0 Å². The third-order valence-electron chi connectivity index (χ3n) is 3.90. The van der Waals surface area contributed by atoms with Gasteiger partial charge in [0.25, 0.3) is 0 Å². The molecule has 0 unspecified atom stereocenters. The van der Waals surface area contributed by atoms with Gasteiger partial charge in [-0.25, -0.2) is 13.1 Å². The quantitative estimate of drug-likeness (QED) is 0.755. The van der Waals surface area contributed by atoms with Gasteiger partial charge in [0.05, 0.1) is 0 Å². The monoisotopic (exact) mass is 330 g/mol. The van der Waals surface area contributed by atoms with Crippen LogP contribution in [0.1, 0.15) is 55.9 Å². The summed E-state index contributed by atoms with van der Waals surface area (Å²) in [6.45, 7) is 5.53. The predicted octanol–water partition coefficient (Wildman–Crippen LogP) is 3.17. The Bertz CT molecular complexity index is 546. The van der Waals surface area contributed by atoms with Gasteiger partial charge >= 0.3 is 0 Å². The van der Waals surface area contributed by atoms with E-state index in [0.717, 1.165) is 49.1 Å². The third kappa shape index (κ3) is 4.52. The molecule has 1 aromatic rings. The van der Waals surface area contributed by atoms with Crippen molar-refractivity contribution in [2.75, 3.05) is 6.54 Å². The maximum Gasteiger partial charge on any atom is 0.242 e. The first-order chi connectivity index (χ1) is 10.0. The fourth-order valence-corrected chi connectivity index (χ4v) is 5.93. The molecule has 0 amide bonds. The second kappa shape index (κ2) is 7.72. The van der Waals surface area contributed by atoms with Crippen LogP contribution in [-0.4, -0.2) is 21.0 Å². The molecule has 0 spiro atoms. The Morgan fingerprint density at radius 3 is 2.67 bits per heavy atom. The zero-order chi connectivity index (χ0) is 15.3. The standard InChI is InChI=1S/C15H26N2O2S2/c1-3-9-16-10-14-15(12(2)11-20-14)21(18,19)17-13-7-5-4-6-8-13/h11,13,16-17H,3-10H2,1-2H3. The molecule has 1 aliphatic carbocycles. The van der Waals surface area contributed by atoms with E-state index in [9.17, 15) is 8.42 Å². The molecule has 1 heterocycles. The first kappa shape index (κ1) is 16.9. The minimum absolute atomic E-state index is 0.111. The molecule has 1 aromatic heterocycles. The van der Waals surface area contributed by atoms with Gasteiger partial charge in [0.1, 0.15) is 4.90 Å². The summed E-state index contributed by atoms with van der Waals surface area (Å²) in [5, 5.41) is 5.24. The molecular formula is C15H26N2O2S2. The maximum absolute atomic E-state index is 12.7. The molecule has 1 aliphatic rings. The molecule has 6 heteroatoms. The first-order valence-electron chi connectivity index (χ1n) is 7.84. The Hall–Kier alpha value is -0.430. The second-order valence-electron chi connectivity index (χ2n) is 5.80. The van der Waals surface area contributed by atoms with E-state index in [1.807, 2.05) is 12.3 Å². The highest BCUT2D eigenvalue weighted by Crippen LogP contribution is 2.28. The number of thiophene rings is 1. The van der Waals surface area contributed by atoms with Crippen molar-refractivity contribution in [3.8, 4) is 0 Å². The van der Waals surface area contributed by atoms with Crippen LogP contribution in [0.2, 0.25) is 0 Å². The van der Waals surface area contributed by atoms with Gasteiger partial charge in [-0.15, -0.1) is 11.3 Å². The molecule has 4 nitrogen and oxygen atoms in total. The third-order valence-corrected chi connectivity index (χ3v) is 6.88. The van der Waals surface area contributed by atoms with Crippen LogP contribution in [0.25, 0.3) is 0 Å². The van der Waals surface area contributed by atoms with Gasteiger partial charge in [-0.1, -0.05) is 26.2 Å². The fourth-order valence-electron chi connectivity index (χ4n) is 2.85. The van der Waals surface area contributed by atoms with Crippen molar-refractivity contribution < 1.29 is 8.42 Å². The molecule has 0 saturated heterocycles. The van der Waals surface area contributed by atoms with Crippen molar-refractivity contribution in [3.63, 3.8) is 0 Å². The Kier molecular flexibility index (Phi) is 6.22. The van der Waals surface area contributed by atoms with E-state index >= 15 is 0 Å². The molecule has 0 aromatic carbocycles. The molecule has 2 rings (SSSR count). The van der Waals surface area contributed by atoms with Crippen LogP contribution in [0.15, 0.2) is 10.3 Å². The van der Waals surface area contributed by atoms with Crippen LogP contribution in [0.3, 0.4) is 0 Å². The number of hydrogen-bond acceptors (Lipinski definition) is 4. The van der Waals surface area contributed by atoms with E-state index in [1.165, 1.54) is 17.8 Å². The van der Waals surface area contributed by atoms with E-state index in [-0.39, 0.29) is 6.04 Å². The lowest BCUT2D eigenvalue weighted by Gasteiger charge is -2.23. The van der Waals surface area contributed by atoms with Crippen molar-refractivity contribution in [1.29, 1.82) is 0 Å². The van der Waals surface area contributed by atoms with Crippen LogP contribution < -0.4 is 10.0 Å². The minimum atomic E-state index is -3.39. The molecule has 0 atom stereocenters. The van der Waals surface area contributed by atoms with Gasteiger partial charge in [-0.05, 0) is 43.7 Å². The topological polar surface area (TPSA) is 58.2 Å². The molecule has 21 heavy (non-hydrogen) atoms. The van der Waals surface area contributed by atoms with Gasteiger partial charge in [0.15, 0.2) is 0 Å². The molecule has 1 saturated carbocycles. The lowest BCUT2D eigenvalue weighted by atomic mass is 9.96. The number of rotatable bonds is 7. The summed E-state index contributed by atoms with van der Waals surface area (Å²) in [6, 6.07) is 0.111. The van der Waals surface area contributed by atoms with Crippen molar-refractivity contribution in [2.45, 2.75) is 69.9 Å². The highest BCUT2D eigenvalue weighted by molar-refractivity contribution is 7.89. The molecule has 2 N–H and O–H groups in total. The summed E-state index contributed by atoms with van der Waals surface area (Å²) in [6.07, 6.45) is 6.45. The summed E-state index contributed by atoms with van der Waals surface area (Å²) < 4.78 is 28.3. The Morgan fingerprint density at radius 1 is 1.29 bits per heavy atom. The molecular weight excluding hydrogens is 304 g/mol. The highest BCUT2D eigenvalue weighted by Gasteiger charge is 2.26. The summed E-state index contributed by atoms with van der Waals surface area (Å²) in [5.74, 6) is 0.